The summed E-state index contributed by atoms with van der Waals surface area (Å²) in [6, 6.07) is 15.8. The van der Waals surface area contributed by atoms with Crippen LogP contribution >= 0.6 is 0 Å². The van der Waals surface area contributed by atoms with Gasteiger partial charge >= 0.3 is 0 Å². The summed E-state index contributed by atoms with van der Waals surface area (Å²) in [6.45, 7) is 0.727. The smallest absolute Gasteiger partial charge is 0.113 e. The molecule has 0 saturated heterocycles. The third-order valence-electron chi connectivity index (χ3n) is 3.51. The first-order valence-corrected chi connectivity index (χ1v) is 6.90. The van der Waals surface area contributed by atoms with Crippen LogP contribution in [0.2, 0.25) is 0 Å². The Kier molecular flexibility index (Phi) is 3.60. The van der Waals surface area contributed by atoms with Gasteiger partial charge in [-0.1, -0.05) is 30.3 Å². The summed E-state index contributed by atoms with van der Waals surface area (Å²) in [6.07, 6.45) is 4.56. The lowest BCUT2D eigenvalue weighted by molar-refractivity contribution is 0.742. The molecule has 0 aliphatic rings. The molecule has 0 atom stereocenters. The Morgan fingerprint density at radius 1 is 1.00 bits per heavy atom. The van der Waals surface area contributed by atoms with Gasteiger partial charge in [0.1, 0.15) is 5.82 Å². The van der Waals surface area contributed by atoms with Gasteiger partial charge in [-0.2, -0.15) is 0 Å². The third kappa shape index (κ3) is 3.05. The van der Waals surface area contributed by atoms with Crippen LogP contribution in [0.5, 0.6) is 0 Å². The predicted molar refractivity (Wildman–Crippen MR) is 85.8 cm³/mol. The summed E-state index contributed by atoms with van der Waals surface area (Å²) in [5.41, 5.74) is 15.7. The van der Waals surface area contributed by atoms with Crippen LogP contribution in [0.3, 0.4) is 0 Å². The van der Waals surface area contributed by atoms with Crippen molar-refractivity contribution in [3.8, 4) is 0 Å². The molecule has 4 N–H and O–H groups in total. The molecule has 4 heteroatoms. The summed E-state index contributed by atoms with van der Waals surface area (Å²) in [5.74, 6) is 1.00. The van der Waals surface area contributed by atoms with Crippen molar-refractivity contribution in [3.05, 3.63) is 77.9 Å². The number of hydrogen-bond acceptors (Lipinski definition) is 3. The lowest BCUT2D eigenvalue weighted by atomic mass is 10.1. The van der Waals surface area contributed by atoms with E-state index in [1.165, 1.54) is 0 Å². The van der Waals surface area contributed by atoms with Crippen molar-refractivity contribution >= 4 is 11.4 Å². The molecule has 0 radical (unpaired) electrons. The van der Waals surface area contributed by atoms with Gasteiger partial charge in [-0.05, 0) is 29.3 Å². The molecule has 4 nitrogen and oxygen atoms in total. The Morgan fingerprint density at radius 3 is 2.67 bits per heavy atom. The second kappa shape index (κ2) is 5.71. The van der Waals surface area contributed by atoms with Gasteiger partial charge in [0.25, 0.3) is 0 Å². The van der Waals surface area contributed by atoms with Gasteiger partial charge in [-0.25, -0.2) is 4.98 Å². The first-order valence-electron chi connectivity index (χ1n) is 6.90. The monoisotopic (exact) mass is 278 g/mol. The second-order valence-electron chi connectivity index (χ2n) is 5.09. The number of anilines is 2. The first kappa shape index (κ1) is 13.2. The van der Waals surface area contributed by atoms with Crippen molar-refractivity contribution in [3.63, 3.8) is 0 Å². The minimum Gasteiger partial charge on any atom is -0.399 e. The van der Waals surface area contributed by atoms with Crippen molar-refractivity contribution in [1.29, 1.82) is 0 Å². The predicted octanol–water partition coefficient (Wildman–Crippen LogP) is 2.69. The van der Waals surface area contributed by atoms with E-state index >= 15 is 0 Å². The van der Waals surface area contributed by atoms with Gasteiger partial charge in [0, 0.05) is 30.2 Å². The Labute approximate surface area is 124 Å². The number of para-hydroxylation sites is 1. The largest absolute Gasteiger partial charge is 0.399 e. The average molecular weight is 278 g/mol. The van der Waals surface area contributed by atoms with Gasteiger partial charge in [0.05, 0.1) is 6.54 Å². The molecule has 0 saturated carbocycles. The molecule has 1 aromatic heterocycles. The number of rotatable bonds is 4. The number of nitrogens with zero attached hydrogens (tertiary/aromatic N) is 2. The van der Waals surface area contributed by atoms with Crippen LogP contribution in [0.15, 0.2) is 60.9 Å². The fraction of sp³-hybridized carbons (Fsp3) is 0.118. The molecule has 3 aromatic rings. The van der Waals surface area contributed by atoms with Crippen molar-refractivity contribution in [2.45, 2.75) is 13.0 Å². The van der Waals surface area contributed by atoms with Gasteiger partial charge in [-0.15, -0.1) is 0 Å². The van der Waals surface area contributed by atoms with E-state index in [0.717, 1.165) is 41.3 Å². The summed E-state index contributed by atoms with van der Waals surface area (Å²) < 4.78 is 2.12. The molecule has 21 heavy (non-hydrogen) atoms. The van der Waals surface area contributed by atoms with Crippen molar-refractivity contribution in [2.75, 3.05) is 11.5 Å². The Hall–Kier alpha value is -2.75. The van der Waals surface area contributed by atoms with Gasteiger partial charge in [0.15, 0.2) is 0 Å². The van der Waals surface area contributed by atoms with Crippen LogP contribution in [0.25, 0.3) is 0 Å². The van der Waals surface area contributed by atoms with E-state index in [1.807, 2.05) is 54.9 Å². The number of nitrogen functional groups attached to an aromatic ring is 2. The number of imidazole rings is 1. The van der Waals surface area contributed by atoms with Crippen LogP contribution in [-0.4, -0.2) is 9.55 Å². The van der Waals surface area contributed by atoms with Crippen LogP contribution in [-0.2, 0) is 13.0 Å². The number of nitrogens with two attached hydrogens (primary N) is 2. The van der Waals surface area contributed by atoms with E-state index in [-0.39, 0.29) is 0 Å². The first-order chi connectivity index (χ1) is 10.2. The van der Waals surface area contributed by atoms with Gasteiger partial charge < -0.3 is 16.0 Å². The van der Waals surface area contributed by atoms with E-state index in [1.54, 1.807) is 0 Å². The van der Waals surface area contributed by atoms with Crippen LogP contribution < -0.4 is 11.5 Å². The highest BCUT2D eigenvalue weighted by molar-refractivity contribution is 5.46. The highest BCUT2D eigenvalue weighted by Gasteiger charge is 2.06. The second-order valence-corrected chi connectivity index (χ2v) is 5.09. The number of aromatic nitrogens is 2. The third-order valence-corrected chi connectivity index (χ3v) is 3.51. The van der Waals surface area contributed by atoms with Crippen molar-refractivity contribution < 1.29 is 0 Å². The normalized spacial score (nSPS) is 10.7. The molecular weight excluding hydrogens is 260 g/mol. The SMILES string of the molecule is Nc1cccc(Cc2nccn2Cc2ccccc2N)c1. The number of benzene rings is 2. The molecule has 106 valence electrons. The summed E-state index contributed by atoms with van der Waals surface area (Å²) in [4.78, 5) is 4.45. The molecular formula is C17H18N4. The topological polar surface area (TPSA) is 69.9 Å². The van der Waals surface area contributed by atoms with E-state index in [9.17, 15) is 0 Å². The Balaban J connectivity index is 1.83. The summed E-state index contributed by atoms with van der Waals surface area (Å²) in [5, 5.41) is 0. The van der Waals surface area contributed by atoms with Crippen LogP contribution in [0, 0.1) is 0 Å². The fourth-order valence-corrected chi connectivity index (χ4v) is 2.40. The van der Waals surface area contributed by atoms with Crippen molar-refractivity contribution in [1.82, 2.24) is 9.55 Å². The highest BCUT2D eigenvalue weighted by atomic mass is 15.1. The van der Waals surface area contributed by atoms with E-state index in [4.69, 9.17) is 11.5 Å². The summed E-state index contributed by atoms with van der Waals surface area (Å²) >= 11 is 0. The number of hydrogen-bond donors (Lipinski definition) is 2. The maximum Gasteiger partial charge on any atom is 0.113 e. The minimum absolute atomic E-state index is 0.727. The standard InChI is InChI=1S/C17H18N4/c18-15-6-3-4-13(10-15)11-17-20-8-9-21(17)12-14-5-1-2-7-16(14)19/h1-10H,11-12,18-19H2. The zero-order chi connectivity index (χ0) is 14.7. The maximum absolute atomic E-state index is 6.01. The molecule has 3 rings (SSSR count). The molecule has 0 aliphatic heterocycles. The lowest BCUT2D eigenvalue weighted by Crippen LogP contribution is -2.07. The zero-order valence-electron chi connectivity index (χ0n) is 11.7. The Morgan fingerprint density at radius 2 is 1.86 bits per heavy atom. The van der Waals surface area contributed by atoms with E-state index in [0.29, 0.717) is 0 Å². The zero-order valence-corrected chi connectivity index (χ0v) is 11.7. The van der Waals surface area contributed by atoms with Crippen molar-refractivity contribution in [2.24, 2.45) is 0 Å². The average Bonchev–Trinajstić information content (AvgIpc) is 2.89. The highest BCUT2D eigenvalue weighted by Crippen LogP contribution is 2.16. The lowest BCUT2D eigenvalue weighted by Gasteiger charge is -2.10. The van der Waals surface area contributed by atoms with Gasteiger partial charge in [-0.3, -0.25) is 0 Å². The molecule has 0 unspecified atom stereocenters. The van der Waals surface area contributed by atoms with E-state index < -0.39 is 0 Å². The molecule has 0 spiro atoms. The fourth-order valence-electron chi connectivity index (χ4n) is 2.40. The molecule has 0 bridgehead atoms. The molecule has 1 heterocycles. The Bertz CT molecular complexity index is 746. The van der Waals surface area contributed by atoms with E-state index in [2.05, 4.69) is 15.6 Å². The van der Waals surface area contributed by atoms with Gasteiger partial charge in [0.2, 0.25) is 0 Å². The van der Waals surface area contributed by atoms with Crippen LogP contribution in [0.4, 0.5) is 11.4 Å². The molecule has 0 fully saturated rings. The van der Waals surface area contributed by atoms with Crippen LogP contribution in [0.1, 0.15) is 17.0 Å². The minimum atomic E-state index is 0.727. The molecule has 2 aromatic carbocycles. The maximum atomic E-state index is 6.01. The molecule has 0 aliphatic carbocycles. The molecule has 0 amide bonds. The quantitative estimate of drug-likeness (QED) is 0.721. The summed E-state index contributed by atoms with van der Waals surface area (Å²) in [7, 11) is 0.